The van der Waals surface area contributed by atoms with E-state index in [4.69, 9.17) is 5.53 Å². The molecule has 0 radical (unpaired) electrons. The maximum absolute atomic E-state index is 12.4. The number of halogens is 3. The lowest BCUT2D eigenvalue weighted by Crippen LogP contribution is -2.21. The van der Waals surface area contributed by atoms with Gasteiger partial charge in [-0.3, -0.25) is 0 Å². The molecule has 0 spiro atoms. The minimum Gasteiger partial charge on any atom is -0.390 e. The highest BCUT2D eigenvalue weighted by atomic mass is 19.4. The van der Waals surface area contributed by atoms with Crippen molar-refractivity contribution in [3.05, 3.63) is 40.0 Å². The highest BCUT2D eigenvalue weighted by Crippen LogP contribution is 2.28. The predicted molar refractivity (Wildman–Crippen MR) is 58.8 cm³/mol. The van der Waals surface area contributed by atoms with Gasteiger partial charge in [0.2, 0.25) is 0 Å². The molecule has 0 saturated carbocycles. The normalized spacial score (nSPS) is 14.6. The Morgan fingerprint density at radius 2 is 2.05 bits per heavy atom. The van der Waals surface area contributed by atoms with Gasteiger partial charge in [0.1, 0.15) is 11.8 Å². The topological polar surface area (TPSA) is 102 Å². The first-order valence-corrected chi connectivity index (χ1v) is 5.27. The Bertz CT molecular complexity index is 474. The van der Waals surface area contributed by atoms with E-state index >= 15 is 0 Å². The smallest absolute Gasteiger partial charge is 0.390 e. The van der Waals surface area contributed by atoms with E-state index in [0.29, 0.717) is 0 Å². The average molecular weight is 276 g/mol. The van der Waals surface area contributed by atoms with Gasteiger partial charge in [-0.25, -0.2) is 4.98 Å². The van der Waals surface area contributed by atoms with Crippen LogP contribution in [-0.2, 0) is 6.18 Å². The fourth-order valence-electron chi connectivity index (χ4n) is 1.36. The van der Waals surface area contributed by atoms with Crippen LogP contribution in [0.2, 0.25) is 0 Å². The summed E-state index contributed by atoms with van der Waals surface area (Å²) in [6.07, 6.45) is -7.63. The van der Waals surface area contributed by atoms with E-state index in [0.717, 1.165) is 12.1 Å². The van der Waals surface area contributed by atoms with Crippen molar-refractivity contribution in [3.63, 3.8) is 0 Å². The monoisotopic (exact) mass is 276 g/mol. The molecule has 1 rings (SSSR count). The zero-order chi connectivity index (χ0) is 14.5. The van der Waals surface area contributed by atoms with Crippen molar-refractivity contribution in [2.24, 2.45) is 5.11 Å². The average Bonchev–Trinajstić information content (AvgIpc) is 2.37. The van der Waals surface area contributed by atoms with Crippen molar-refractivity contribution in [3.8, 4) is 0 Å². The molecule has 104 valence electrons. The number of aliphatic hydroxyl groups excluding tert-OH is 2. The molecule has 1 aromatic heterocycles. The molecule has 0 saturated heterocycles. The number of hydrogen-bond donors (Lipinski definition) is 2. The van der Waals surface area contributed by atoms with E-state index < -0.39 is 24.1 Å². The van der Waals surface area contributed by atoms with E-state index in [-0.39, 0.29) is 18.7 Å². The molecule has 1 aromatic rings. The van der Waals surface area contributed by atoms with E-state index in [1.54, 1.807) is 0 Å². The summed E-state index contributed by atoms with van der Waals surface area (Å²) in [6.45, 7) is -0.0757. The molecule has 0 aliphatic heterocycles. The Kier molecular flexibility index (Phi) is 5.11. The van der Waals surface area contributed by atoms with Crippen molar-refractivity contribution in [1.82, 2.24) is 4.98 Å². The fourth-order valence-corrected chi connectivity index (χ4v) is 1.36. The molecule has 2 atom stereocenters. The number of aliphatic hydroxyl groups is 2. The van der Waals surface area contributed by atoms with Crippen LogP contribution < -0.4 is 0 Å². The van der Waals surface area contributed by atoms with Crippen LogP contribution in [0.15, 0.2) is 23.3 Å². The van der Waals surface area contributed by atoms with Crippen LogP contribution in [0.3, 0.4) is 0 Å². The van der Waals surface area contributed by atoms with Gasteiger partial charge in [-0.1, -0.05) is 11.2 Å². The number of rotatable bonds is 5. The Morgan fingerprint density at radius 3 is 2.63 bits per heavy atom. The molecule has 9 heteroatoms. The van der Waals surface area contributed by atoms with Crippen molar-refractivity contribution >= 4 is 0 Å². The molecule has 0 amide bonds. The molecule has 0 bridgehead atoms. The standard InChI is InChI=1S/C10H11F3N4O2/c11-10(12,13)8-3-1-2-6(16-8)9(19)7(18)4-5-15-17-14/h1-3,7,9,18-19H,4-5H2. The minimum absolute atomic E-state index is 0.0757. The Balaban J connectivity index is 2.81. The Hall–Kier alpha value is -1.83. The molecular formula is C10H11F3N4O2. The van der Waals surface area contributed by atoms with Crippen LogP contribution in [-0.4, -0.2) is 27.8 Å². The second-order valence-corrected chi connectivity index (χ2v) is 3.70. The molecule has 2 unspecified atom stereocenters. The van der Waals surface area contributed by atoms with Crippen molar-refractivity contribution in [2.75, 3.05) is 6.54 Å². The van der Waals surface area contributed by atoms with Crippen molar-refractivity contribution in [1.29, 1.82) is 0 Å². The number of alkyl halides is 3. The first-order valence-electron chi connectivity index (χ1n) is 5.27. The number of aromatic nitrogens is 1. The van der Waals surface area contributed by atoms with Gasteiger partial charge in [0, 0.05) is 11.5 Å². The summed E-state index contributed by atoms with van der Waals surface area (Å²) in [5.74, 6) is 0. The van der Waals surface area contributed by atoms with Crippen LogP contribution in [0, 0.1) is 0 Å². The van der Waals surface area contributed by atoms with E-state index in [1.807, 2.05) is 0 Å². The van der Waals surface area contributed by atoms with Gasteiger partial charge in [0.05, 0.1) is 11.8 Å². The third kappa shape index (κ3) is 4.40. The molecule has 2 N–H and O–H groups in total. The van der Waals surface area contributed by atoms with Crippen LogP contribution in [0.5, 0.6) is 0 Å². The maximum atomic E-state index is 12.4. The van der Waals surface area contributed by atoms with Crippen LogP contribution in [0.1, 0.15) is 23.9 Å². The molecule has 0 aliphatic rings. The third-order valence-electron chi connectivity index (χ3n) is 2.32. The van der Waals surface area contributed by atoms with Gasteiger partial charge < -0.3 is 10.2 Å². The van der Waals surface area contributed by atoms with E-state index in [2.05, 4.69) is 15.0 Å². The van der Waals surface area contributed by atoms with E-state index in [1.165, 1.54) is 6.07 Å². The van der Waals surface area contributed by atoms with Gasteiger partial charge in [-0.05, 0) is 24.1 Å². The summed E-state index contributed by atoms with van der Waals surface area (Å²) in [6, 6.07) is 3.04. The first kappa shape index (κ1) is 15.2. The highest BCUT2D eigenvalue weighted by molar-refractivity contribution is 5.16. The molecule has 0 fully saturated rings. The second kappa shape index (κ2) is 6.37. The molecule has 19 heavy (non-hydrogen) atoms. The lowest BCUT2D eigenvalue weighted by atomic mass is 10.1. The summed E-state index contributed by atoms with van der Waals surface area (Å²) < 4.78 is 37.3. The summed E-state index contributed by atoms with van der Waals surface area (Å²) in [5, 5.41) is 22.4. The quantitative estimate of drug-likeness (QED) is 0.489. The number of azide groups is 1. The second-order valence-electron chi connectivity index (χ2n) is 3.70. The Labute approximate surface area is 106 Å². The van der Waals surface area contributed by atoms with Gasteiger partial charge in [0.25, 0.3) is 0 Å². The first-order chi connectivity index (χ1) is 8.86. The predicted octanol–water partition coefficient (Wildman–Crippen LogP) is 2.20. The number of nitrogens with zero attached hydrogens (tertiary/aromatic N) is 4. The molecule has 6 nitrogen and oxygen atoms in total. The van der Waals surface area contributed by atoms with Crippen molar-refractivity contribution < 1.29 is 23.4 Å². The summed E-state index contributed by atoms with van der Waals surface area (Å²) in [4.78, 5) is 5.71. The fraction of sp³-hybridized carbons (Fsp3) is 0.500. The van der Waals surface area contributed by atoms with Gasteiger partial charge in [-0.2, -0.15) is 13.2 Å². The van der Waals surface area contributed by atoms with Crippen molar-refractivity contribution in [2.45, 2.75) is 24.8 Å². The van der Waals surface area contributed by atoms with E-state index in [9.17, 15) is 23.4 Å². The number of pyridine rings is 1. The lowest BCUT2D eigenvalue weighted by molar-refractivity contribution is -0.141. The molecular weight excluding hydrogens is 265 g/mol. The molecule has 1 heterocycles. The zero-order valence-electron chi connectivity index (χ0n) is 9.62. The van der Waals surface area contributed by atoms with Crippen LogP contribution in [0.4, 0.5) is 13.2 Å². The van der Waals surface area contributed by atoms with Gasteiger partial charge >= 0.3 is 6.18 Å². The third-order valence-corrected chi connectivity index (χ3v) is 2.32. The maximum Gasteiger partial charge on any atom is 0.433 e. The summed E-state index contributed by atoms with van der Waals surface area (Å²) in [5.41, 5.74) is 6.60. The molecule has 0 aliphatic carbocycles. The number of hydrogen-bond acceptors (Lipinski definition) is 4. The lowest BCUT2D eigenvalue weighted by Gasteiger charge is -2.17. The van der Waals surface area contributed by atoms with Crippen LogP contribution >= 0.6 is 0 Å². The zero-order valence-corrected chi connectivity index (χ0v) is 9.62. The SMILES string of the molecule is [N-]=[N+]=NCCC(O)C(O)c1cccc(C(F)(F)F)n1. The Morgan fingerprint density at radius 1 is 1.37 bits per heavy atom. The van der Waals surface area contributed by atoms with Crippen LogP contribution in [0.25, 0.3) is 10.4 Å². The summed E-state index contributed by atoms with van der Waals surface area (Å²) in [7, 11) is 0. The minimum atomic E-state index is -4.62. The largest absolute Gasteiger partial charge is 0.433 e. The van der Waals surface area contributed by atoms with Gasteiger partial charge in [-0.15, -0.1) is 0 Å². The van der Waals surface area contributed by atoms with Gasteiger partial charge in [0.15, 0.2) is 0 Å². The highest BCUT2D eigenvalue weighted by Gasteiger charge is 2.33. The summed E-state index contributed by atoms with van der Waals surface area (Å²) >= 11 is 0. The molecule has 0 aromatic carbocycles.